The molecule has 2 aromatic carbocycles. The van der Waals surface area contributed by atoms with Crippen molar-refractivity contribution in [2.75, 3.05) is 16.9 Å². The molecule has 0 fully saturated rings. The summed E-state index contributed by atoms with van der Waals surface area (Å²) in [6, 6.07) is 16.4. The lowest BCUT2D eigenvalue weighted by Crippen LogP contribution is -2.06. The van der Waals surface area contributed by atoms with Crippen molar-refractivity contribution < 1.29 is 8.42 Å². The third-order valence-electron chi connectivity index (χ3n) is 4.13. The van der Waals surface area contributed by atoms with Gasteiger partial charge >= 0.3 is 0 Å². The SMILES string of the molecule is CS(=O)(=O)c1ccc(Nc2nc(NCc3ccccc3)c3[nH]cnc3n2)cc1. The molecule has 28 heavy (non-hydrogen) atoms. The van der Waals surface area contributed by atoms with Crippen LogP contribution in [0.15, 0.2) is 65.8 Å². The van der Waals surface area contributed by atoms with Gasteiger partial charge in [-0.2, -0.15) is 9.97 Å². The van der Waals surface area contributed by atoms with Crippen LogP contribution >= 0.6 is 0 Å². The topological polar surface area (TPSA) is 113 Å². The molecule has 0 saturated carbocycles. The molecule has 3 N–H and O–H groups in total. The first-order chi connectivity index (χ1) is 13.5. The number of hydrogen-bond donors (Lipinski definition) is 3. The van der Waals surface area contributed by atoms with Crippen LogP contribution in [0.25, 0.3) is 11.2 Å². The Morgan fingerprint density at radius 2 is 1.75 bits per heavy atom. The molecule has 0 unspecified atom stereocenters. The van der Waals surface area contributed by atoms with Crippen LogP contribution in [0, 0.1) is 0 Å². The molecule has 8 nitrogen and oxygen atoms in total. The van der Waals surface area contributed by atoms with E-state index in [1.54, 1.807) is 30.6 Å². The largest absolute Gasteiger partial charge is 0.364 e. The quantitative estimate of drug-likeness (QED) is 0.460. The molecule has 0 saturated heterocycles. The normalized spacial score (nSPS) is 11.5. The lowest BCUT2D eigenvalue weighted by atomic mass is 10.2. The number of rotatable bonds is 6. The summed E-state index contributed by atoms with van der Waals surface area (Å²) >= 11 is 0. The van der Waals surface area contributed by atoms with Gasteiger partial charge in [-0.25, -0.2) is 13.4 Å². The van der Waals surface area contributed by atoms with E-state index in [9.17, 15) is 8.42 Å². The summed E-state index contributed by atoms with van der Waals surface area (Å²) in [6.07, 6.45) is 2.74. The fourth-order valence-corrected chi connectivity index (χ4v) is 3.34. The highest BCUT2D eigenvalue weighted by Crippen LogP contribution is 2.22. The van der Waals surface area contributed by atoms with Gasteiger partial charge in [-0.3, -0.25) is 0 Å². The number of imidazole rings is 1. The number of fused-ring (bicyclic) bond motifs is 1. The molecule has 2 aromatic heterocycles. The Labute approximate surface area is 162 Å². The number of H-pyrrole nitrogens is 1. The molecule has 0 atom stereocenters. The summed E-state index contributed by atoms with van der Waals surface area (Å²) in [5.41, 5.74) is 3.05. The zero-order chi connectivity index (χ0) is 19.6. The molecule has 0 bridgehead atoms. The van der Waals surface area contributed by atoms with Crippen LogP contribution in [0.3, 0.4) is 0 Å². The van der Waals surface area contributed by atoms with Crippen molar-refractivity contribution in [2.45, 2.75) is 11.4 Å². The van der Waals surface area contributed by atoms with Gasteiger partial charge in [-0.15, -0.1) is 0 Å². The first-order valence-electron chi connectivity index (χ1n) is 8.55. The van der Waals surface area contributed by atoms with E-state index in [4.69, 9.17) is 0 Å². The molecular formula is C19H18N6O2S. The van der Waals surface area contributed by atoms with Crippen LogP contribution in [0.5, 0.6) is 0 Å². The van der Waals surface area contributed by atoms with Crippen LogP contribution in [0.4, 0.5) is 17.5 Å². The van der Waals surface area contributed by atoms with Gasteiger partial charge in [-0.05, 0) is 29.8 Å². The average molecular weight is 394 g/mol. The highest BCUT2D eigenvalue weighted by atomic mass is 32.2. The summed E-state index contributed by atoms with van der Waals surface area (Å²) in [5, 5.41) is 6.40. The summed E-state index contributed by atoms with van der Waals surface area (Å²) in [4.78, 5) is 16.4. The molecule has 2 heterocycles. The second-order valence-electron chi connectivity index (χ2n) is 6.26. The molecule has 4 rings (SSSR count). The van der Waals surface area contributed by atoms with Crippen molar-refractivity contribution >= 4 is 38.5 Å². The Morgan fingerprint density at radius 1 is 1.00 bits per heavy atom. The number of aromatic nitrogens is 4. The van der Waals surface area contributed by atoms with Crippen molar-refractivity contribution in [1.82, 2.24) is 19.9 Å². The summed E-state index contributed by atoms with van der Waals surface area (Å²) < 4.78 is 23.2. The fraction of sp³-hybridized carbons (Fsp3) is 0.105. The summed E-state index contributed by atoms with van der Waals surface area (Å²) in [5.74, 6) is 0.990. The number of sulfone groups is 1. The molecule has 0 amide bonds. The molecular weight excluding hydrogens is 376 g/mol. The maximum atomic E-state index is 11.6. The van der Waals surface area contributed by atoms with E-state index >= 15 is 0 Å². The van der Waals surface area contributed by atoms with Gasteiger partial charge in [0.2, 0.25) is 5.95 Å². The van der Waals surface area contributed by atoms with Gasteiger partial charge in [0.25, 0.3) is 0 Å². The average Bonchev–Trinajstić information content (AvgIpc) is 3.15. The first-order valence-corrected chi connectivity index (χ1v) is 10.4. The van der Waals surface area contributed by atoms with E-state index in [0.29, 0.717) is 35.2 Å². The number of anilines is 3. The number of nitrogens with one attached hydrogen (secondary N) is 3. The Bertz CT molecular complexity index is 1200. The molecule has 9 heteroatoms. The predicted octanol–water partition coefficient (Wildman–Crippen LogP) is 3.11. The molecule has 0 spiro atoms. The smallest absolute Gasteiger partial charge is 0.231 e. The maximum Gasteiger partial charge on any atom is 0.231 e. The van der Waals surface area contributed by atoms with Crippen molar-refractivity contribution in [2.24, 2.45) is 0 Å². The monoisotopic (exact) mass is 394 g/mol. The van der Waals surface area contributed by atoms with Gasteiger partial charge < -0.3 is 15.6 Å². The van der Waals surface area contributed by atoms with E-state index in [2.05, 4.69) is 30.6 Å². The Morgan fingerprint density at radius 3 is 2.46 bits per heavy atom. The van der Waals surface area contributed by atoms with Crippen molar-refractivity contribution in [3.05, 3.63) is 66.5 Å². The van der Waals surface area contributed by atoms with Crippen molar-refractivity contribution in [1.29, 1.82) is 0 Å². The second-order valence-corrected chi connectivity index (χ2v) is 8.27. The minimum absolute atomic E-state index is 0.256. The zero-order valence-electron chi connectivity index (χ0n) is 15.0. The molecule has 142 valence electrons. The zero-order valence-corrected chi connectivity index (χ0v) is 15.9. The van der Waals surface area contributed by atoms with Gasteiger partial charge in [0.15, 0.2) is 21.3 Å². The van der Waals surface area contributed by atoms with Gasteiger partial charge in [0.1, 0.15) is 5.52 Å². The maximum absolute atomic E-state index is 11.6. The predicted molar refractivity (Wildman–Crippen MR) is 108 cm³/mol. The minimum Gasteiger partial charge on any atom is -0.364 e. The van der Waals surface area contributed by atoms with Crippen LogP contribution in [0.2, 0.25) is 0 Å². The molecule has 0 aliphatic rings. The van der Waals surface area contributed by atoms with Gasteiger partial charge in [-0.1, -0.05) is 30.3 Å². The Balaban J connectivity index is 1.59. The third-order valence-corrected chi connectivity index (χ3v) is 5.26. The number of aromatic amines is 1. The highest BCUT2D eigenvalue weighted by molar-refractivity contribution is 7.90. The van der Waals surface area contributed by atoms with Crippen LogP contribution in [0.1, 0.15) is 5.56 Å². The lowest BCUT2D eigenvalue weighted by molar-refractivity contribution is 0.602. The minimum atomic E-state index is -3.24. The number of nitrogens with zero attached hydrogens (tertiary/aromatic N) is 3. The number of hydrogen-bond acceptors (Lipinski definition) is 7. The standard InChI is InChI=1S/C19H18N6O2S/c1-28(26,27)15-9-7-14(8-10-15)23-19-24-17(16-18(25-19)22-12-21-16)20-11-13-5-3-2-4-6-13/h2-10,12H,11H2,1H3,(H3,20,21,22,23,24,25). The lowest BCUT2D eigenvalue weighted by Gasteiger charge is -2.10. The van der Waals surface area contributed by atoms with Crippen LogP contribution < -0.4 is 10.6 Å². The van der Waals surface area contributed by atoms with Crippen molar-refractivity contribution in [3.8, 4) is 0 Å². The van der Waals surface area contributed by atoms with Crippen molar-refractivity contribution in [3.63, 3.8) is 0 Å². The first kappa shape index (κ1) is 17.9. The molecule has 0 aliphatic carbocycles. The Kier molecular flexibility index (Phi) is 4.66. The van der Waals surface area contributed by atoms with Crippen LogP contribution in [-0.4, -0.2) is 34.6 Å². The van der Waals surface area contributed by atoms with Gasteiger partial charge in [0, 0.05) is 18.5 Å². The summed E-state index contributed by atoms with van der Waals surface area (Å²) in [7, 11) is -3.24. The third kappa shape index (κ3) is 3.94. The molecule has 4 aromatic rings. The number of benzene rings is 2. The van der Waals surface area contributed by atoms with E-state index in [0.717, 1.165) is 5.56 Å². The highest BCUT2D eigenvalue weighted by Gasteiger charge is 2.11. The van der Waals surface area contributed by atoms with E-state index < -0.39 is 9.84 Å². The van der Waals surface area contributed by atoms with Gasteiger partial charge in [0.05, 0.1) is 11.2 Å². The van der Waals surface area contributed by atoms with Crippen LogP contribution in [-0.2, 0) is 16.4 Å². The molecule has 0 radical (unpaired) electrons. The Hall–Kier alpha value is -3.46. The van der Waals surface area contributed by atoms with E-state index in [1.807, 2.05) is 30.3 Å². The summed E-state index contributed by atoms with van der Waals surface area (Å²) in [6.45, 7) is 0.606. The van der Waals surface area contributed by atoms with E-state index in [-0.39, 0.29) is 4.90 Å². The van der Waals surface area contributed by atoms with E-state index in [1.165, 1.54) is 6.26 Å². The second kappa shape index (κ2) is 7.28. The fourth-order valence-electron chi connectivity index (χ4n) is 2.71. The molecule has 0 aliphatic heterocycles.